The number of hydrogen-bond donors (Lipinski definition) is 0. The third kappa shape index (κ3) is 3.64. The van der Waals surface area contributed by atoms with Gasteiger partial charge in [0.25, 0.3) is 0 Å². The van der Waals surface area contributed by atoms with E-state index in [2.05, 4.69) is 4.98 Å². The smallest absolute Gasteiger partial charge is 0.167 e. The highest BCUT2D eigenvalue weighted by molar-refractivity contribution is 5.97. The van der Waals surface area contributed by atoms with E-state index in [0.717, 1.165) is 5.56 Å². The van der Waals surface area contributed by atoms with Crippen LogP contribution in [0.3, 0.4) is 0 Å². The number of aromatic nitrogens is 1. The van der Waals surface area contributed by atoms with Gasteiger partial charge in [0.2, 0.25) is 0 Å². The maximum atomic E-state index is 12.7. The molecule has 1 heterocycles. The minimum atomic E-state index is -0.333. The molecule has 1 aromatic carbocycles. The van der Waals surface area contributed by atoms with Crippen molar-refractivity contribution in [3.63, 3.8) is 0 Å². The van der Waals surface area contributed by atoms with Crippen molar-refractivity contribution in [2.24, 2.45) is 0 Å². The Labute approximate surface area is 105 Å². The van der Waals surface area contributed by atoms with Gasteiger partial charge in [-0.1, -0.05) is 0 Å². The summed E-state index contributed by atoms with van der Waals surface area (Å²) in [7, 11) is 0. The van der Waals surface area contributed by atoms with Gasteiger partial charge in [-0.15, -0.1) is 12.4 Å². The molecule has 0 aliphatic carbocycles. The van der Waals surface area contributed by atoms with Crippen molar-refractivity contribution in [1.82, 2.24) is 4.98 Å². The van der Waals surface area contributed by atoms with Gasteiger partial charge in [-0.25, -0.2) is 4.39 Å². The minimum Gasteiger partial charge on any atom is -0.294 e. The van der Waals surface area contributed by atoms with Crippen molar-refractivity contribution >= 4 is 18.2 Å². The zero-order valence-electron chi connectivity index (χ0n) is 8.97. The Hall–Kier alpha value is -1.74. The number of carbonyl (C=O) groups excluding carboxylic acids is 1. The largest absolute Gasteiger partial charge is 0.294 e. The number of halogens is 2. The Balaban J connectivity index is 0.00000144. The first-order chi connectivity index (χ1) is 7.75. The predicted molar refractivity (Wildman–Crippen MR) is 65.9 cm³/mol. The average molecular weight is 252 g/mol. The van der Waals surface area contributed by atoms with Gasteiger partial charge in [0.15, 0.2) is 5.78 Å². The van der Waals surface area contributed by atoms with Crippen LogP contribution in [-0.2, 0) is 6.42 Å². The molecule has 0 spiro atoms. The lowest BCUT2D eigenvalue weighted by Gasteiger charge is -2.00. The van der Waals surface area contributed by atoms with Gasteiger partial charge in [0.1, 0.15) is 5.82 Å². The molecule has 2 rings (SSSR count). The average Bonchev–Trinajstić information content (AvgIpc) is 2.31. The van der Waals surface area contributed by atoms with Gasteiger partial charge in [-0.2, -0.15) is 0 Å². The van der Waals surface area contributed by atoms with Gasteiger partial charge >= 0.3 is 0 Å². The summed E-state index contributed by atoms with van der Waals surface area (Å²) < 4.78 is 12.7. The molecule has 0 radical (unpaired) electrons. The summed E-state index contributed by atoms with van der Waals surface area (Å²) >= 11 is 0. The summed E-state index contributed by atoms with van der Waals surface area (Å²) in [6, 6.07) is 9.17. The highest BCUT2D eigenvalue weighted by Gasteiger charge is 2.06. The van der Waals surface area contributed by atoms with E-state index in [9.17, 15) is 9.18 Å². The van der Waals surface area contributed by atoms with Gasteiger partial charge in [-0.3, -0.25) is 9.78 Å². The Morgan fingerprint density at radius 2 is 1.65 bits per heavy atom. The van der Waals surface area contributed by atoms with Crippen LogP contribution in [-0.4, -0.2) is 10.8 Å². The number of Topliss-reactive ketones (excluding diaryl/α,β-unsaturated/α-hetero) is 1. The van der Waals surface area contributed by atoms with E-state index in [1.54, 1.807) is 24.5 Å². The Kier molecular flexibility index (Phi) is 4.79. The molecular weight excluding hydrogens is 241 g/mol. The monoisotopic (exact) mass is 251 g/mol. The van der Waals surface area contributed by atoms with Crippen molar-refractivity contribution in [3.8, 4) is 0 Å². The summed E-state index contributed by atoms with van der Waals surface area (Å²) in [5.41, 5.74) is 1.43. The lowest BCUT2D eigenvalue weighted by molar-refractivity contribution is 0.0993. The fourth-order valence-corrected chi connectivity index (χ4v) is 1.42. The highest BCUT2D eigenvalue weighted by Crippen LogP contribution is 2.08. The Bertz CT molecular complexity index is 485. The van der Waals surface area contributed by atoms with E-state index in [1.165, 1.54) is 24.3 Å². The van der Waals surface area contributed by atoms with Crippen LogP contribution in [0.4, 0.5) is 4.39 Å². The zero-order valence-corrected chi connectivity index (χ0v) is 9.78. The first-order valence-corrected chi connectivity index (χ1v) is 4.93. The van der Waals surface area contributed by atoms with E-state index in [-0.39, 0.29) is 24.0 Å². The third-order valence-electron chi connectivity index (χ3n) is 2.28. The van der Waals surface area contributed by atoms with Crippen LogP contribution in [0.25, 0.3) is 0 Å². The molecule has 0 N–H and O–H groups in total. The van der Waals surface area contributed by atoms with Crippen molar-refractivity contribution in [1.29, 1.82) is 0 Å². The number of nitrogens with zero attached hydrogens (tertiary/aromatic N) is 1. The van der Waals surface area contributed by atoms with E-state index in [0.29, 0.717) is 12.0 Å². The van der Waals surface area contributed by atoms with E-state index in [4.69, 9.17) is 0 Å². The van der Waals surface area contributed by atoms with Gasteiger partial charge in [-0.05, 0) is 42.0 Å². The third-order valence-corrected chi connectivity index (χ3v) is 2.28. The van der Waals surface area contributed by atoms with Crippen LogP contribution in [0.5, 0.6) is 0 Å². The second-order valence-electron chi connectivity index (χ2n) is 3.46. The van der Waals surface area contributed by atoms with Gasteiger partial charge in [0.05, 0.1) is 0 Å². The first-order valence-electron chi connectivity index (χ1n) is 4.93. The molecule has 0 fully saturated rings. The predicted octanol–water partition coefficient (Wildman–Crippen LogP) is 3.07. The summed E-state index contributed by atoms with van der Waals surface area (Å²) in [4.78, 5) is 15.7. The van der Waals surface area contributed by atoms with Crippen LogP contribution in [0.1, 0.15) is 15.9 Å². The van der Waals surface area contributed by atoms with Crippen LogP contribution >= 0.6 is 12.4 Å². The van der Waals surface area contributed by atoms with Crippen LogP contribution in [0.2, 0.25) is 0 Å². The molecule has 0 atom stereocenters. The summed E-state index contributed by atoms with van der Waals surface area (Å²) in [6.07, 6.45) is 3.61. The second-order valence-corrected chi connectivity index (χ2v) is 3.46. The normalized spacial score (nSPS) is 9.47. The van der Waals surface area contributed by atoms with Gasteiger partial charge in [0, 0.05) is 24.4 Å². The number of ketones is 1. The van der Waals surface area contributed by atoms with Gasteiger partial charge < -0.3 is 0 Å². The molecular formula is C13H11ClFNO. The lowest BCUT2D eigenvalue weighted by atomic mass is 10.0. The van der Waals surface area contributed by atoms with E-state index < -0.39 is 0 Å². The number of pyridine rings is 1. The Morgan fingerprint density at radius 3 is 2.24 bits per heavy atom. The number of rotatable bonds is 3. The maximum Gasteiger partial charge on any atom is 0.167 e. The molecule has 0 unspecified atom stereocenters. The molecule has 2 aromatic rings. The standard InChI is InChI=1S/C13H10FNO.ClH/c14-12-3-1-11(2-4-12)13(16)9-10-5-7-15-8-6-10;/h1-8H,9H2;1H. The molecule has 88 valence electrons. The van der Waals surface area contributed by atoms with E-state index in [1.807, 2.05) is 0 Å². The topological polar surface area (TPSA) is 30.0 Å². The van der Waals surface area contributed by atoms with Crippen LogP contribution < -0.4 is 0 Å². The first kappa shape index (κ1) is 13.3. The quantitative estimate of drug-likeness (QED) is 0.785. The Morgan fingerprint density at radius 1 is 1.06 bits per heavy atom. The van der Waals surface area contributed by atoms with Crippen molar-refractivity contribution in [2.75, 3.05) is 0 Å². The molecule has 4 heteroatoms. The number of carbonyl (C=O) groups is 1. The molecule has 0 aliphatic rings. The molecule has 17 heavy (non-hydrogen) atoms. The number of benzene rings is 1. The van der Waals surface area contributed by atoms with Crippen molar-refractivity contribution in [3.05, 3.63) is 65.7 Å². The summed E-state index contributed by atoms with van der Waals surface area (Å²) in [6.45, 7) is 0. The van der Waals surface area contributed by atoms with Crippen molar-refractivity contribution < 1.29 is 9.18 Å². The fourth-order valence-electron chi connectivity index (χ4n) is 1.42. The van der Waals surface area contributed by atoms with Crippen molar-refractivity contribution in [2.45, 2.75) is 6.42 Å². The molecule has 0 bridgehead atoms. The second kappa shape index (κ2) is 6.11. The molecule has 1 aromatic heterocycles. The molecule has 0 amide bonds. The number of hydrogen-bond acceptors (Lipinski definition) is 2. The SMILES string of the molecule is Cl.O=C(Cc1ccncc1)c1ccc(F)cc1. The van der Waals surface area contributed by atoms with E-state index >= 15 is 0 Å². The lowest BCUT2D eigenvalue weighted by Crippen LogP contribution is -2.03. The van der Waals surface area contributed by atoms with Crippen LogP contribution in [0, 0.1) is 5.82 Å². The van der Waals surface area contributed by atoms with Crippen LogP contribution in [0.15, 0.2) is 48.8 Å². The maximum absolute atomic E-state index is 12.7. The molecule has 2 nitrogen and oxygen atoms in total. The molecule has 0 saturated heterocycles. The molecule has 0 saturated carbocycles. The zero-order chi connectivity index (χ0) is 11.4. The fraction of sp³-hybridized carbons (Fsp3) is 0.0769. The summed E-state index contributed by atoms with van der Waals surface area (Å²) in [5.74, 6) is -0.355. The highest BCUT2D eigenvalue weighted by atomic mass is 35.5. The molecule has 0 aliphatic heterocycles. The summed E-state index contributed by atoms with van der Waals surface area (Å²) in [5, 5.41) is 0. The minimum absolute atomic E-state index is 0.